The van der Waals surface area contributed by atoms with Crippen LogP contribution in [0, 0.1) is 12.3 Å². The highest BCUT2D eigenvalue weighted by Crippen LogP contribution is 2.41. The molecule has 0 saturated heterocycles. The zero-order valence-corrected chi connectivity index (χ0v) is 13.7. The summed E-state index contributed by atoms with van der Waals surface area (Å²) in [5.41, 5.74) is 11.8. The molecular formula is C18H23ClN2. The first-order valence-electron chi connectivity index (χ1n) is 7.55. The minimum absolute atomic E-state index is 0.148. The van der Waals surface area contributed by atoms with Crippen molar-refractivity contribution in [1.29, 1.82) is 0 Å². The van der Waals surface area contributed by atoms with E-state index < -0.39 is 0 Å². The summed E-state index contributed by atoms with van der Waals surface area (Å²) < 4.78 is 2.39. The van der Waals surface area contributed by atoms with E-state index in [1.165, 1.54) is 17.0 Å². The fourth-order valence-electron chi connectivity index (χ4n) is 3.52. The molecule has 1 unspecified atom stereocenters. The number of benzene rings is 1. The zero-order valence-electron chi connectivity index (χ0n) is 13.0. The summed E-state index contributed by atoms with van der Waals surface area (Å²) >= 11 is 6.32. The van der Waals surface area contributed by atoms with E-state index in [-0.39, 0.29) is 11.5 Å². The molecule has 3 rings (SSSR count). The molecule has 2 N–H and O–H groups in total. The number of hydrogen-bond acceptors (Lipinski definition) is 1. The Bertz CT molecular complexity index is 670. The van der Waals surface area contributed by atoms with Crippen LogP contribution in [0.5, 0.6) is 0 Å². The number of rotatable bonds is 2. The van der Waals surface area contributed by atoms with E-state index >= 15 is 0 Å². The van der Waals surface area contributed by atoms with Gasteiger partial charge in [-0.25, -0.2) is 0 Å². The van der Waals surface area contributed by atoms with Crippen LogP contribution in [0.15, 0.2) is 30.3 Å². The zero-order chi connectivity index (χ0) is 15.2. The average Bonchev–Trinajstić information content (AvgIpc) is 2.69. The molecule has 0 spiro atoms. The standard InChI is InChI=1S/C18H23ClN2/c1-12-8-14-16(20)9-18(2,3)10-17(14)21(12)11-13-6-4-5-7-15(13)19/h4-8,16H,9-11,20H2,1-3H3. The molecule has 2 nitrogen and oxygen atoms in total. The minimum atomic E-state index is 0.148. The van der Waals surface area contributed by atoms with Crippen LogP contribution < -0.4 is 5.73 Å². The molecule has 21 heavy (non-hydrogen) atoms. The summed E-state index contributed by atoms with van der Waals surface area (Å²) in [6.07, 6.45) is 2.13. The van der Waals surface area contributed by atoms with E-state index in [0.29, 0.717) is 0 Å². The fraction of sp³-hybridized carbons (Fsp3) is 0.444. The van der Waals surface area contributed by atoms with Gasteiger partial charge in [-0.1, -0.05) is 43.6 Å². The Morgan fingerprint density at radius 2 is 2.05 bits per heavy atom. The van der Waals surface area contributed by atoms with Crippen molar-refractivity contribution in [2.24, 2.45) is 11.1 Å². The van der Waals surface area contributed by atoms with Crippen molar-refractivity contribution >= 4 is 11.6 Å². The van der Waals surface area contributed by atoms with Crippen LogP contribution in [0.1, 0.15) is 48.8 Å². The number of aromatic nitrogens is 1. The van der Waals surface area contributed by atoms with Gasteiger partial charge in [-0.15, -0.1) is 0 Å². The highest BCUT2D eigenvalue weighted by molar-refractivity contribution is 6.31. The van der Waals surface area contributed by atoms with Crippen molar-refractivity contribution in [2.75, 3.05) is 0 Å². The van der Waals surface area contributed by atoms with Crippen molar-refractivity contribution in [1.82, 2.24) is 4.57 Å². The molecule has 3 heteroatoms. The van der Waals surface area contributed by atoms with Crippen molar-refractivity contribution in [3.63, 3.8) is 0 Å². The van der Waals surface area contributed by atoms with Gasteiger partial charge in [0.2, 0.25) is 0 Å². The Kier molecular flexibility index (Phi) is 3.62. The van der Waals surface area contributed by atoms with Gasteiger partial charge in [0, 0.05) is 29.0 Å². The summed E-state index contributed by atoms with van der Waals surface area (Å²) in [6, 6.07) is 10.5. The first kappa shape index (κ1) is 14.7. The normalized spacial score (nSPS) is 20.3. The number of halogens is 1. The minimum Gasteiger partial charge on any atom is -0.344 e. The van der Waals surface area contributed by atoms with Crippen LogP contribution in [0.3, 0.4) is 0 Å². The molecule has 112 valence electrons. The first-order chi connectivity index (χ1) is 9.87. The van der Waals surface area contributed by atoms with Crippen LogP contribution in [0.4, 0.5) is 0 Å². The largest absolute Gasteiger partial charge is 0.344 e. The SMILES string of the molecule is Cc1cc2c(n1Cc1ccccc1Cl)CC(C)(C)CC2N. The lowest BCUT2D eigenvalue weighted by Crippen LogP contribution is -2.30. The van der Waals surface area contributed by atoms with Gasteiger partial charge in [0.25, 0.3) is 0 Å². The Labute approximate surface area is 131 Å². The van der Waals surface area contributed by atoms with Crippen LogP contribution in [-0.4, -0.2) is 4.57 Å². The van der Waals surface area contributed by atoms with Gasteiger partial charge in [-0.3, -0.25) is 0 Å². The Morgan fingerprint density at radius 1 is 1.33 bits per heavy atom. The van der Waals surface area contributed by atoms with Gasteiger partial charge >= 0.3 is 0 Å². The van der Waals surface area contributed by atoms with E-state index in [4.69, 9.17) is 17.3 Å². The number of nitrogens with zero attached hydrogens (tertiary/aromatic N) is 1. The molecule has 1 aromatic carbocycles. The fourth-order valence-corrected chi connectivity index (χ4v) is 3.72. The molecular weight excluding hydrogens is 280 g/mol. The van der Waals surface area contributed by atoms with Crippen molar-refractivity contribution in [3.05, 3.63) is 57.9 Å². The molecule has 1 aromatic heterocycles. The number of aryl methyl sites for hydroxylation is 1. The molecule has 1 heterocycles. The summed E-state index contributed by atoms with van der Waals surface area (Å²) in [4.78, 5) is 0. The van der Waals surface area contributed by atoms with Crippen LogP contribution in [-0.2, 0) is 13.0 Å². The van der Waals surface area contributed by atoms with Crippen LogP contribution >= 0.6 is 11.6 Å². The van der Waals surface area contributed by atoms with Crippen molar-refractivity contribution in [2.45, 2.75) is 46.2 Å². The maximum atomic E-state index is 6.39. The highest BCUT2D eigenvalue weighted by Gasteiger charge is 2.33. The van der Waals surface area contributed by atoms with Gasteiger partial charge in [0.15, 0.2) is 0 Å². The molecule has 0 radical (unpaired) electrons. The Hall–Kier alpha value is -1.25. The summed E-state index contributed by atoms with van der Waals surface area (Å²) in [5.74, 6) is 0. The van der Waals surface area contributed by atoms with Gasteiger partial charge in [-0.2, -0.15) is 0 Å². The predicted molar refractivity (Wildman–Crippen MR) is 88.8 cm³/mol. The molecule has 1 aliphatic rings. The highest BCUT2D eigenvalue weighted by atomic mass is 35.5. The monoisotopic (exact) mass is 302 g/mol. The maximum absolute atomic E-state index is 6.39. The second-order valence-corrected chi connectivity index (χ2v) is 7.42. The lowest BCUT2D eigenvalue weighted by atomic mass is 9.74. The van der Waals surface area contributed by atoms with E-state index in [9.17, 15) is 0 Å². The Balaban J connectivity index is 2.03. The molecule has 0 amide bonds. The van der Waals surface area contributed by atoms with E-state index in [1.807, 2.05) is 18.2 Å². The Morgan fingerprint density at radius 3 is 2.76 bits per heavy atom. The topological polar surface area (TPSA) is 30.9 Å². The summed E-state index contributed by atoms with van der Waals surface area (Å²) in [5, 5.41) is 0.832. The van der Waals surface area contributed by atoms with Crippen LogP contribution in [0.2, 0.25) is 5.02 Å². The molecule has 1 atom stereocenters. The second kappa shape index (κ2) is 5.19. The lowest BCUT2D eigenvalue weighted by molar-refractivity contribution is 0.276. The summed E-state index contributed by atoms with van der Waals surface area (Å²) in [6.45, 7) is 7.59. The molecule has 0 bridgehead atoms. The number of fused-ring (bicyclic) bond motifs is 1. The smallest absolute Gasteiger partial charge is 0.0490 e. The van der Waals surface area contributed by atoms with E-state index in [0.717, 1.165) is 30.0 Å². The van der Waals surface area contributed by atoms with Crippen LogP contribution in [0.25, 0.3) is 0 Å². The number of hydrogen-bond donors (Lipinski definition) is 1. The van der Waals surface area contributed by atoms with Crippen molar-refractivity contribution < 1.29 is 0 Å². The van der Waals surface area contributed by atoms with Gasteiger partial charge in [0.05, 0.1) is 0 Å². The average molecular weight is 303 g/mol. The predicted octanol–water partition coefficient (Wildman–Crippen LogP) is 4.47. The first-order valence-corrected chi connectivity index (χ1v) is 7.93. The van der Waals surface area contributed by atoms with Gasteiger partial charge in [-0.05, 0) is 48.4 Å². The molecule has 0 fully saturated rings. The molecule has 1 aliphatic carbocycles. The molecule has 0 saturated carbocycles. The van der Waals surface area contributed by atoms with E-state index in [1.54, 1.807) is 0 Å². The third kappa shape index (κ3) is 2.75. The lowest BCUT2D eigenvalue weighted by Gasteiger charge is -2.34. The third-order valence-electron chi connectivity index (χ3n) is 4.55. The van der Waals surface area contributed by atoms with Crippen molar-refractivity contribution in [3.8, 4) is 0 Å². The quantitative estimate of drug-likeness (QED) is 0.872. The van der Waals surface area contributed by atoms with Gasteiger partial charge in [0.1, 0.15) is 0 Å². The maximum Gasteiger partial charge on any atom is 0.0490 e. The molecule has 2 aromatic rings. The summed E-state index contributed by atoms with van der Waals surface area (Å²) in [7, 11) is 0. The molecule has 0 aliphatic heterocycles. The second-order valence-electron chi connectivity index (χ2n) is 7.02. The number of nitrogens with two attached hydrogens (primary N) is 1. The third-order valence-corrected chi connectivity index (χ3v) is 4.92. The van der Waals surface area contributed by atoms with E-state index in [2.05, 4.69) is 37.5 Å². The van der Waals surface area contributed by atoms with Gasteiger partial charge < -0.3 is 10.3 Å².